The van der Waals surface area contributed by atoms with Gasteiger partial charge in [-0.2, -0.15) is 0 Å². The lowest BCUT2D eigenvalue weighted by atomic mass is 9.97. The van der Waals surface area contributed by atoms with Gasteiger partial charge < -0.3 is 15.3 Å². The highest BCUT2D eigenvalue weighted by atomic mass is 35.5. The van der Waals surface area contributed by atoms with E-state index >= 15 is 0 Å². The lowest BCUT2D eigenvalue weighted by Crippen LogP contribution is -2.18. The Balaban J connectivity index is 1.74. The van der Waals surface area contributed by atoms with Crippen LogP contribution in [-0.4, -0.2) is 41.0 Å². The molecule has 1 aliphatic carbocycles. The molecule has 2 N–H and O–H groups in total. The molecule has 1 aromatic heterocycles. The Hall–Kier alpha value is -2.61. The summed E-state index contributed by atoms with van der Waals surface area (Å²) in [6, 6.07) is 7.22. The average molecular weight is 510 g/mol. The van der Waals surface area contributed by atoms with Gasteiger partial charge in [-0.25, -0.2) is 9.97 Å². The first kappa shape index (κ1) is 25.0. The van der Waals surface area contributed by atoms with Gasteiger partial charge >= 0.3 is 5.97 Å². The van der Waals surface area contributed by atoms with Crippen LogP contribution in [0.5, 0.6) is 0 Å². The van der Waals surface area contributed by atoms with Crippen molar-refractivity contribution >= 4 is 58.2 Å². The molecule has 1 heterocycles. The van der Waals surface area contributed by atoms with Gasteiger partial charge in [-0.15, -0.1) is 0 Å². The van der Waals surface area contributed by atoms with Crippen molar-refractivity contribution in [3.63, 3.8) is 0 Å². The molecule has 10 heteroatoms. The van der Waals surface area contributed by atoms with Crippen LogP contribution < -0.4 is 10.2 Å². The van der Waals surface area contributed by atoms with Crippen molar-refractivity contribution in [3.05, 3.63) is 68.1 Å². The minimum atomic E-state index is -1.01. The molecule has 1 amide bonds. The molecule has 0 saturated carbocycles. The predicted octanol–water partition coefficient (Wildman–Crippen LogP) is 5.01. The third-order valence-corrected chi connectivity index (χ3v) is 6.23. The van der Waals surface area contributed by atoms with Crippen molar-refractivity contribution in [1.29, 1.82) is 0 Å². The Morgan fingerprint density at radius 2 is 1.82 bits per heavy atom. The quantitative estimate of drug-likeness (QED) is 0.510. The number of amides is 1. The highest BCUT2D eigenvalue weighted by Gasteiger charge is 2.22. The first-order valence-corrected chi connectivity index (χ1v) is 11.3. The molecular formula is C23H23Cl3N4O3. The van der Waals surface area contributed by atoms with E-state index in [1.54, 1.807) is 37.2 Å². The zero-order valence-electron chi connectivity index (χ0n) is 18.3. The topological polar surface area (TPSA) is 95.4 Å². The zero-order chi connectivity index (χ0) is 24.3. The lowest BCUT2D eigenvalue weighted by molar-refractivity contribution is -0.136. The first-order chi connectivity index (χ1) is 15.5. The van der Waals surface area contributed by atoms with E-state index in [2.05, 4.69) is 15.3 Å². The minimum Gasteiger partial charge on any atom is -0.481 e. The van der Waals surface area contributed by atoms with Crippen molar-refractivity contribution in [2.75, 3.05) is 24.3 Å². The summed E-state index contributed by atoms with van der Waals surface area (Å²) in [6.45, 7) is 1.95. The van der Waals surface area contributed by atoms with Crippen molar-refractivity contribution in [3.8, 4) is 0 Å². The first-order valence-electron chi connectivity index (χ1n) is 10.2. The number of aromatic nitrogens is 2. The summed E-state index contributed by atoms with van der Waals surface area (Å²) >= 11 is 18.7. The van der Waals surface area contributed by atoms with E-state index in [9.17, 15) is 9.59 Å². The molecule has 33 heavy (non-hydrogen) atoms. The number of nitrogens with zero attached hydrogens (tertiary/aromatic N) is 3. The number of rotatable bonds is 7. The summed E-state index contributed by atoms with van der Waals surface area (Å²) in [4.78, 5) is 34.2. The number of carbonyl (C=O) groups is 2. The Morgan fingerprint density at radius 1 is 1.15 bits per heavy atom. The number of anilines is 2. The molecule has 1 aliphatic rings. The molecule has 0 spiro atoms. The summed E-state index contributed by atoms with van der Waals surface area (Å²) in [5.41, 5.74) is 2.24. The SMILES string of the molecule is CC1CC(Cl)=C(C(=O)Nc2ccc(Cc3nc(Cl)c(CC(=O)O)c(N(C)C)n3)cc2)C=C1Cl. The van der Waals surface area contributed by atoms with Crippen molar-refractivity contribution in [2.24, 2.45) is 5.92 Å². The van der Waals surface area contributed by atoms with E-state index < -0.39 is 5.97 Å². The van der Waals surface area contributed by atoms with Crippen LogP contribution in [0.25, 0.3) is 0 Å². The molecule has 0 bridgehead atoms. The van der Waals surface area contributed by atoms with Gasteiger partial charge in [-0.05, 0) is 36.1 Å². The third-order valence-electron chi connectivity index (χ3n) is 5.08. The maximum Gasteiger partial charge on any atom is 0.308 e. The van der Waals surface area contributed by atoms with Crippen molar-refractivity contribution < 1.29 is 14.7 Å². The van der Waals surface area contributed by atoms with E-state index in [1.807, 2.05) is 19.1 Å². The van der Waals surface area contributed by atoms with Crippen LogP contribution >= 0.6 is 34.8 Å². The summed E-state index contributed by atoms with van der Waals surface area (Å²) in [7, 11) is 3.53. The van der Waals surface area contributed by atoms with Crippen LogP contribution in [0, 0.1) is 5.92 Å². The molecule has 174 valence electrons. The van der Waals surface area contributed by atoms with Gasteiger partial charge in [0.05, 0.1) is 12.0 Å². The maximum atomic E-state index is 12.6. The number of hydrogen-bond acceptors (Lipinski definition) is 5. The van der Waals surface area contributed by atoms with Crippen molar-refractivity contribution in [1.82, 2.24) is 9.97 Å². The van der Waals surface area contributed by atoms with Gasteiger partial charge in [-0.1, -0.05) is 53.9 Å². The summed E-state index contributed by atoms with van der Waals surface area (Å²) in [5.74, 6) is -0.307. The molecule has 2 aromatic rings. The lowest BCUT2D eigenvalue weighted by Gasteiger charge is -2.18. The van der Waals surface area contributed by atoms with Gasteiger partial charge in [0.1, 0.15) is 16.8 Å². The molecule has 7 nitrogen and oxygen atoms in total. The Morgan fingerprint density at radius 3 is 2.42 bits per heavy atom. The molecule has 1 atom stereocenters. The normalized spacial score (nSPS) is 15.8. The van der Waals surface area contributed by atoms with E-state index in [-0.39, 0.29) is 23.4 Å². The Labute approximate surface area is 207 Å². The van der Waals surface area contributed by atoms with Gasteiger partial charge in [0, 0.05) is 41.8 Å². The number of aliphatic carboxylic acids is 1. The van der Waals surface area contributed by atoms with Crippen molar-refractivity contribution in [2.45, 2.75) is 26.2 Å². The van der Waals surface area contributed by atoms with Gasteiger partial charge in [0.25, 0.3) is 5.91 Å². The van der Waals surface area contributed by atoms with E-state index in [1.165, 1.54) is 0 Å². The number of carboxylic acid groups (broad SMARTS) is 1. The van der Waals surface area contributed by atoms with Gasteiger partial charge in [0.2, 0.25) is 0 Å². The van der Waals surface area contributed by atoms with Gasteiger partial charge in [0.15, 0.2) is 0 Å². The molecule has 0 radical (unpaired) electrons. The zero-order valence-corrected chi connectivity index (χ0v) is 20.6. The van der Waals surface area contributed by atoms with Crippen LogP contribution in [0.2, 0.25) is 5.15 Å². The molecule has 0 fully saturated rings. The molecule has 1 aromatic carbocycles. The van der Waals surface area contributed by atoms with Crippen LogP contribution in [0.3, 0.4) is 0 Å². The third kappa shape index (κ3) is 6.25. The second-order valence-electron chi connectivity index (χ2n) is 7.98. The number of carbonyl (C=O) groups excluding carboxylic acids is 1. The van der Waals surface area contributed by atoms with Crippen LogP contribution in [-0.2, 0) is 22.4 Å². The maximum absolute atomic E-state index is 12.6. The van der Waals surface area contributed by atoms with E-state index in [0.717, 1.165) is 5.56 Å². The smallest absolute Gasteiger partial charge is 0.308 e. The minimum absolute atomic E-state index is 0.0944. The standard InChI is InChI=1S/C23H23Cl3N4O3/c1-12-8-18(25)15(10-17(12)24)23(33)27-14-6-4-13(5-7-14)9-19-28-21(26)16(11-20(31)32)22(29-19)30(2)3/h4-7,10,12H,8-9,11H2,1-3H3,(H,27,33)(H,31,32). The number of allylic oxidation sites excluding steroid dienone is 2. The Kier molecular flexibility index (Phi) is 8.00. The molecule has 0 saturated heterocycles. The molecule has 3 rings (SSSR count). The van der Waals surface area contributed by atoms with Crippen LogP contribution in [0.15, 0.2) is 46.0 Å². The van der Waals surface area contributed by atoms with Crippen LogP contribution in [0.4, 0.5) is 11.5 Å². The Bertz CT molecular complexity index is 1140. The summed E-state index contributed by atoms with van der Waals surface area (Å²) in [5, 5.41) is 13.2. The fourth-order valence-electron chi connectivity index (χ4n) is 3.35. The fraction of sp³-hybridized carbons (Fsp3) is 0.304. The van der Waals surface area contributed by atoms with E-state index in [0.29, 0.717) is 51.4 Å². The van der Waals surface area contributed by atoms with E-state index in [4.69, 9.17) is 39.9 Å². The number of carboxylic acids is 1. The summed E-state index contributed by atoms with van der Waals surface area (Å²) < 4.78 is 0. The number of halogens is 3. The largest absolute Gasteiger partial charge is 0.481 e. The number of nitrogens with one attached hydrogen (secondary N) is 1. The summed E-state index contributed by atoms with van der Waals surface area (Å²) in [6.07, 6.45) is 2.26. The van der Waals surface area contributed by atoms with Gasteiger partial charge in [-0.3, -0.25) is 9.59 Å². The predicted molar refractivity (Wildman–Crippen MR) is 131 cm³/mol. The molecular weight excluding hydrogens is 487 g/mol. The number of benzene rings is 1. The van der Waals surface area contributed by atoms with Crippen LogP contribution in [0.1, 0.15) is 30.3 Å². The average Bonchev–Trinajstić information content (AvgIpc) is 2.73. The highest BCUT2D eigenvalue weighted by Crippen LogP contribution is 2.33. The monoisotopic (exact) mass is 508 g/mol. The molecule has 0 aliphatic heterocycles. The highest BCUT2D eigenvalue weighted by molar-refractivity contribution is 6.35. The fourth-order valence-corrected chi connectivity index (χ4v) is 4.16. The molecule has 1 unspecified atom stereocenters. The second-order valence-corrected chi connectivity index (χ2v) is 9.23. The second kappa shape index (κ2) is 10.5. The number of hydrogen-bond donors (Lipinski definition) is 2.